The van der Waals surface area contributed by atoms with Crippen molar-refractivity contribution in [2.45, 2.75) is 32.7 Å². The number of nitrogens with one attached hydrogen (secondary N) is 1. The molecule has 0 aliphatic rings. The summed E-state index contributed by atoms with van der Waals surface area (Å²) in [4.78, 5) is 28.7. The van der Waals surface area contributed by atoms with Gasteiger partial charge in [-0.05, 0) is 60.9 Å². The number of oxazole rings is 1. The molecule has 0 spiro atoms. The van der Waals surface area contributed by atoms with Crippen molar-refractivity contribution in [2.75, 3.05) is 6.61 Å². The summed E-state index contributed by atoms with van der Waals surface area (Å²) in [6, 6.07) is 18.6. The zero-order chi connectivity index (χ0) is 25.5. The molecule has 7 nitrogen and oxygen atoms in total. The number of thiophene rings is 1. The summed E-state index contributed by atoms with van der Waals surface area (Å²) in [6.07, 6.45) is 0.914. The van der Waals surface area contributed by atoms with Gasteiger partial charge in [0.05, 0.1) is 21.5 Å². The lowest BCUT2D eigenvalue weighted by atomic mass is 10.0. The third-order valence-corrected chi connectivity index (χ3v) is 6.77. The molecule has 186 valence electrons. The maximum Gasteiger partial charge on any atom is 0.303 e. The van der Waals surface area contributed by atoms with Crippen molar-refractivity contribution in [3.63, 3.8) is 0 Å². The van der Waals surface area contributed by atoms with Gasteiger partial charge in [0.1, 0.15) is 11.5 Å². The molecule has 1 amide bonds. The first-order chi connectivity index (χ1) is 17.4. The fourth-order valence-electron chi connectivity index (χ4n) is 3.67. The number of hydrogen-bond acceptors (Lipinski definition) is 6. The highest BCUT2D eigenvalue weighted by Gasteiger charge is 2.14. The van der Waals surface area contributed by atoms with Crippen LogP contribution in [0.5, 0.6) is 5.75 Å². The van der Waals surface area contributed by atoms with Crippen LogP contribution in [0.2, 0.25) is 4.34 Å². The lowest BCUT2D eigenvalue weighted by Gasteiger charge is -2.13. The molecule has 2 aromatic carbocycles. The highest BCUT2D eigenvalue weighted by atomic mass is 35.5. The highest BCUT2D eigenvalue weighted by Crippen LogP contribution is 2.24. The fraction of sp³-hybridized carbons (Fsp3) is 0.222. The Kier molecular flexibility index (Phi) is 8.40. The largest absolute Gasteiger partial charge is 0.493 e. The summed E-state index contributed by atoms with van der Waals surface area (Å²) in [6.45, 7) is 2.51. The van der Waals surface area contributed by atoms with Crippen LogP contribution in [-0.4, -0.2) is 28.6 Å². The minimum atomic E-state index is -0.878. The minimum absolute atomic E-state index is 0.00311. The van der Waals surface area contributed by atoms with Gasteiger partial charge in [0, 0.05) is 24.9 Å². The average Bonchev–Trinajstić information content (AvgIpc) is 3.48. The monoisotopic (exact) mass is 524 g/mol. The number of hydrogen-bond donors (Lipinski definition) is 2. The van der Waals surface area contributed by atoms with Crippen molar-refractivity contribution in [2.24, 2.45) is 0 Å². The normalized spacial score (nSPS) is 10.8. The third-order valence-electron chi connectivity index (χ3n) is 5.54. The number of aliphatic carboxylic acids is 1. The molecule has 0 atom stereocenters. The Morgan fingerprint density at radius 3 is 2.61 bits per heavy atom. The number of rotatable bonds is 11. The van der Waals surface area contributed by atoms with E-state index in [4.69, 9.17) is 25.9 Å². The second-order valence-electron chi connectivity index (χ2n) is 8.10. The number of carboxylic acid groups (broad SMARTS) is 1. The van der Waals surface area contributed by atoms with Gasteiger partial charge in [-0.2, -0.15) is 0 Å². The molecular weight excluding hydrogens is 500 g/mol. The van der Waals surface area contributed by atoms with Crippen molar-refractivity contribution in [3.05, 3.63) is 92.5 Å². The molecule has 2 heterocycles. The van der Waals surface area contributed by atoms with Crippen LogP contribution in [0.3, 0.4) is 0 Å². The van der Waals surface area contributed by atoms with Crippen LogP contribution < -0.4 is 10.1 Å². The van der Waals surface area contributed by atoms with Gasteiger partial charge >= 0.3 is 5.97 Å². The molecular formula is C27H25ClN2O5S. The van der Waals surface area contributed by atoms with E-state index in [1.54, 1.807) is 12.1 Å². The zero-order valence-electron chi connectivity index (χ0n) is 19.6. The molecule has 0 unspecified atom stereocenters. The second kappa shape index (κ2) is 11.9. The molecule has 0 aliphatic heterocycles. The van der Waals surface area contributed by atoms with E-state index in [1.165, 1.54) is 11.3 Å². The van der Waals surface area contributed by atoms with Crippen molar-refractivity contribution < 1.29 is 23.8 Å². The van der Waals surface area contributed by atoms with Gasteiger partial charge in [-0.25, -0.2) is 4.98 Å². The lowest BCUT2D eigenvalue weighted by Crippen LogP contribution is -2.22. The van der Waals surface area contributed by atoms with Crippen LogP contribution in [0.25, 0.3) is 11.5 Å². The molecule has 0 aliphatic carbocycles. The first-order valence-electron chi connectivity index (χ1n) is 11.4. The van der Waals surface area contributed by atoms with E-state index in [-0.39, 0.29) is 18.9 Å². The first-order valence-corrected chi connectivity index (χ1v) is 12.6. The van der Waals surface area contributed by atoms with Crippen molar-refractivity contribution in [3.8, 4) is 17.2 Å². The maximum atomic E-state index is 12.5. The Bertz CT molecular complexity index is 1350. The van der Waals surface area contributed by atoms with Gasteiger partial charge in [0.2, 0.25) is 5.89 Å². The smallest absolute Gasteiger partial charge is 0.303 e. The fourth-order valence-corrected chi connectivity index (χ4v) is 4.63. The van der Waals surface area contributed by atoms with Crippen LogP contribution in [0.15, 0.2) is 65.1 Å². The summed E-state index contributed by atoms with van der Waals surface area (Å²) < 4.78 is 12.3. The van der Waals surface area contributed by atoms with Gasteiger partial charge in [0.15, 0.2) is 0 Å². The molecule has 4 rings (SSSR count). The number of carbonyl (C=O) groups is 2. The number of nitrogens with zero attached hydrogens (tertiary/aromatic N) is 1. The topological polar surface area (TPSA) is 102 Å². The van der Waals surface area contributed by atoms with Crippen LogP contribution >= 0.6 is 22.9 Å². The van der Waals surface area contributed by atoms with Gasteiger partial charge < -0.3 is 19.6 Å². The Hall–Kier alpha value is -3.62. The minimum Gasteiger partial charge on any atom is -0.493 e. The van der Waals surface area contributed by atoms with E-state index < -0.39 is 5.97 Å². The zero-order valence-corrected chi connectivity index (χ0v) is 21.2. The summed E-state index contributed by atoms with van der Waals surface area (Å²) >= 11 is 7.13. The van der Waals surface area contributed by atoms with E-state index in [0.29, 0.717) is 40.3 Å². The number of carbonyl (C=O) groups excluding carboxylic acids is 1. The van der Waals surface area contributed by atoms with E-state index in [0.717, 1.165) is 28.1 Å². The molecule has 0 fully saturated rings. The van der Waals surface area contributed by atoms with Crippen molar-refractivity contribution in [1.29, 1.82) is 0 Å². The first kappa shape index (κ1) is 25.5. The van der Waals surface area contributed by atoms with Crippen molar-refractivity contribution >= 4 is 34.8 Å². The van der Waals surface area contributed by atoms with E-state index in [2.05, 4.69) is 10.3 Å². The van der Waals surface area contributed by atoms with E-state index in [1.807, 2.05) is 55.5 Å². The Balaban J connectivity index is 1.41. The second-order valence-corrected chi connectivity index (χ2v) is 9.81. The van der Waals surface area contributed by atoms with Gasteiger partial charge in [-0.1, -0.05) is 35.9 Å². The predicted molar refractivity (Wildman–Crippen MR) is 139 cm³/mol. The third kappa shape index (κ3) is 6.74. The maximum absolute atomic E-state index is 12.5. The number of benzene rings is 2. The van der Waals surface area contributed by atoms with E-state index >= 15 is 0 Å². The summed E-state index contributed by atoms with van der Waals surface area (Å²) in [5, 5.41) is 12.0. The van der Waals surface area contributed by atoms with Crippen molar-refractivity contribution in [1.82, 2.24) is 10.3 Å². The standard InChI is InChI=1S/C27H25ClN2O5S/c1-17-22(30-27(35-17)19-5-3-2-4-6-19)13-14-34-21-9-7-18(8-12-25(31)32)20(15-21)16-29-26(33)23-10-11-24(28)36-23/h2-7,9-11,15H,8,12-14,16H2,1H3,(H,29,33)(H,31,32). The predicted octanol–water partition coefficient (Wildman–Crippen LogP) is 5.93. The number of aryl methyl sites for hydroxylation is 2. The van der Waals surface area contributed by atoms with Crippen LogP contribution in [-0.2, 0) is 24.2 Å². The summed E-state index contributed by atoms with van der Waals surface area (Å²) in [7, 11) is 0. The average molecular weight is 525 g/mol. The number of ether oxygens (including phenoxy) is 1. The van der Waals surface area contributed by atoms with Gasteiger partial charge in [-0.15, -0.1) is 11.3 Å². The Morgan fingerprint density at radius 2 is 1.89 bits per heavy atom. The SMILES string of the molecule is Cc1oc(-c2ccccc2)nc1CCOc1ccc(CCC(=O)O)c(CNC(=O)c2ccc(Cl)s2)c1. The van der Waals surface area contributed by atoms with Crippen LogP contribution in [0, 0.1) is 6.92 Å². The molecule has 2 N–H and O–H groups in total. The molecule has 9 heteroatoms. The summed E-state index contributed by atoms with van der Waals surface area (Å²) in [5.41, 5.74) is 3.39. The molecule has 0 radical (unpaired) electrons. The Morgan fingerprint density at radius 1 is 1.08 bits per heavy atom. The quantitative estimate of drug-likeness (QED) is 0.252. The number of amides is 1. The molecule has 36 heavy (non-hydrogen) atoms. The molecule has 0 saturated carbocycles. The van der Waals surface area contributed by atoms with Gasteiger partial charge in [-0.3, -0.25) is 9.59 Å². The molecule has 0 bridgehead atoms. The summed E-state index contributed by atoms with van der Waals surface area (Å²) in [5.74, 6) is 0.839. The van der Waals surface area contributed by atoms with E-state index in [9.17, 15) is 9.59 Å². The molecule has 0 saturated heterocycles. The number of halogens is 1. The van der Waals surface area contributed by atoms with Crippen LogP contribution in [0.1, 0.15) is 38.7 Å². The Labute approximate surface area is 217 Å². The lowest BCUT2D eigenvalue weighted by molar-refractivity contribution is -0.136. The number of aromatic nitrogens is 1. The van der Waals surface area contributed by atoms with Gasteiger partial charge in [0.25, 0.3) is 5.91 Å². The van der Waals surface area contributed by atoms with Crippen LogP contribution in [0.4, 0.5) is 0 Å². The molecule has 2 aromatic heterocycles. The number of carboxylic acids is 1. The highest BCUT2D eigenvalue weighted by molar-refractivity contribution is 7.18. The molecule has 4 aromatic rings.